The molecule has 3 aliphatic heterocycles. The van der Waals surface area contributed by atoms with Crippen LogP contribution >= 0.6 is 0 Å². The zero-order chi connectivity index (χ0) is 45.3. The van der Waals surface area contributed by atoms with Gasteiger partial charge in [-0.05, 0) is 121 Å². The largest absolute Gasteiger partial charge is 0.319 e. The normalized spacial score (nSPS) is 16.9. The highest BCUT2D eigenvalue weighted by Crippen LogP contribution is 2.55. The van der Waals surface area contributed by atoms with E-state index < -0.39 is 0 Å². The van der Waals surface area contributed by atoms with E-state index in [2.05, 4.69) is 243 Å². The van der Waals surface area contributed by atoms with Crippen LogP contribution in [0.3, 0.4) is 0 Å². The van der Waals surface area contributed by atoms with E-state index >= 15 is 0 Å². The van der Waals surface area contributed by atoms with Crippen molar-refractivity contribution < 1.29 is 0 Å². The first-order chi connectivity index (χ1) is 30.8. The summed E-state index contributed by atoms with van der Waals surface area (Å²) in [6.45, 7) is 28.4. The molecule has 4 heterocycles. The Labute approximate surface area is 386 Å². The number of nitrogens with zero attached hydrogens (tertiary/aromatic N) is 3. The molecule has 0 fully saturated rings. The molecule has 3 nitrogen and oxygen atoms in total. The van der Waals surface area contributed by atoms with E-state index in [1.807, 2.05) is 0 Å². The molecule has 322 valence electrons. The van der Waals surface area contributed by atoms with Gasteiger partial charge in [0.1, 0.15) is 0 Å². The lowest BCUT2D eigenvalue weighted by Crippen LogP contribution is -2.63. The Bertz CT molecular complexity index is 3310. The highest BCUT2D eigenvalue weighted by atomic mass is 15.2. The van der Waals surface area contributed by atoms with Crippen molar-refractivity contribution in [2.75, 3.05) is 9.80 Å². The van der Waals surface area contributed by atoms with Gasteiger partial charge in [-0.15, -0.1) is 0 Å². The van der Waals surface area contributed by atoms with Crippen LogP contribution in [-0.2, 0) is 27.1 Å². The van der Waals surface area contributed by atoms with Gasteiger partial charge in [0.05, 0.1) is 11.2 Å². The number of fused-ring (bicyclic) bond motifs is 10. The number of rotatable bonds is 2. The van der Waals surface area contributed by atoms with E-state index in [-0.39, 0.29) is 33.8 Å². The molecule has 0 saturated carbocycles. The van der Waals surface area contributed by atoms with Crippen LogP contribution in [0.2, 0.25) is 0 Å². The van der Waals surface area contributed by atoms with Crippen molar-refractivity contribution in [1.29, 1.82) is 0 Å². The fraction of sp³-hybridized carbons (Fsp3) is 0.279. The number of aromatic nitrogens is 1. The predicted molar refractivity (Wildman–Crippen MR) is 278 cm³/mol. The SMILES string of the molecule is CC(C)(C)c1ccc(N2c3ccc4cc3B3c5c2cccc5N(c2ccc(C(C)(C)C)cc2)c2c3n(c3c5c(ccc23)C(C)(C)c2ccccc2C5(C)C)-c2cccc(c2)C4(C)C)cc1. The Morgan fingerprint density at radius 3 is 1.65 bits per heavy atom. The van der Waals surface area contributed by atoms with Crippen LogP contribution in [-0.4, -0.2) is 11.3 Å². The topological polar surface area (TPSA) is 11.4 Å². The first-order valence-electron chi connectivity index (χ1n) is 23.8. The second-order valence-electron chi connectivity index (χ2n) is 23.1. The molecule has 1 aromatic heterocycles. The molecule has 1 aliphatic carbocycles. The maximum absolute atomic E-state index is 2.74. The van der Waals surface area contributed by atoms with Crippen molar-refractivity contribution in [3.05, 3.63) is 190 Å². The van der Waals surface area contributed by atoms with E-state index in [9.17, 15) is 0 Å². The van der Waals surface area contributed by atoms with E-state index in [0.717, 1.165) is 0 Å². The van der Waals surface area contributed by atoms with Crippen LogP contribution in [0.5, 0.6) is 0 Å². The first kappa shape index (κ1) is 40.3. The highest BCUT2D eigenvalue weighted by Gasteiger charge is 2.50. The zero-order valence-electron chi connectivity index (χ0n) is 40.3. The Morgan fingerprint density at radius 1 is 0.446 bits per heavy atom. The zero-order valence-corrected chi connectivity index (χ0v) is 40.3. The molecular weight excluding hydrogens is 786 g/mol. The van der Waals surface area contributed by atoms with Gasteiger partial charge in [0.2, 0.25) is 0 Å². The minimum atomic E-state index is -0.279. The van der Waals surface area contributed by atoms with Crippen LogP contribution in [0, 0.1) is 0 Å². The highest BCUT2D eigenvalue weighted by molar-refractivity contribution is 7.00. The molecule has 7 aromatic carbocycles. The Kier molecular flexibility index (Phi) is 8.03. The van der Waals surface area contributed by atoms with Crippen molar-refractivity contribution in [3.63, 3.8) is 0 Å². The third-order valence-corrected chi connectivity index (χ3v) is 16.2. The van der Waals surface area contributed by atoms with Crippen LogP contribution in [0.4, 0.5) is 34.1 Å². The molecular formula is C61H60BN3. The Morgan fingerprint density at radius 2 is 1.02 bits per heavy atom. The van der Waals surface area contributed by atoms with Crippen molar-refractivity contribution in [2.45, 2.75) is 110 Å². The van der Waals surface area contributed by atoms with Gasteiger partial charge in [-0.2, -0.15) is 0 Å². The molecule has 0 amide bonds. The predicted octanol–water partition coefficient (Wildman–Crippen LogP) is 13.9. The van der Waals surface area contributed by atoms with Gasteiger partial charge in [0, 0.05) is 61.3 Å². The molecule has 4 heteroatoms. The molecule has 8 aromatic rings. The number of anilines is 6. The summed E-state index contributed by atoms with van der Waals surface area (Å²) in [6, 6.07) is 57.0. The van der Waals surface area contributed by atoms with Crippen molar-refractivity contribution in [2.24, 2.45) is 0 Å². The van der Waals surface area contributed by atoms with Gasteiger partial charge in [0.15, 0.2) is 0 Å². The summed E-state index contributed by atoms with van der Waals surface area (Å²) in [5.41, 5.74) is 24.3. The minimum absolute atomic E-state index is 0.0311. The number of hydrogen-bond donors (Lipinski definition) is 0. The Hall–Kier alpha value is -6.26. The molecule has 0 atom stereocenters. The molecule has 0 unspecified atom stereocenters. The molecule has 4 bridgehead atoms. The summed E-state index contributed by atoms with van der Waals surface area (Å²) in [6.07, 6.45) is 0. The van der Waals surface area contributed by atoms with Gasteiger partial charge in [-0.3, -0.25) is 0 Å². The van der Waals surface area contributed by atoms with Crippen LogP contribution in [0.1, 0.15) is 128 Å². The molecule has 12 rings (SSSR count). The number of benzene rings is 7. The van der Waals surface area contributed by atoms with E-state index in [4.69, 9.17) is 0 Å². The van der Waals surface area contributed by atoms with Crippen LogP contribution in [0.25, 0.3) is 16.6 Å². The molecule has 0 radical (unpaired) electrons. The third kappa shape index (κ3) is 5.37. The second kappa shape index (κ2) is 13.0. The first-order valence-corrected chi connectivity index (χ1v) is 23.8. The summed E-state index contributed by atoms with van der Waals surface area (Å²) < 4.78 is 2.74. The van der Waals surface area contributed by atoms with Crippen molar-refractivity contribution in [3.8, 4) is 5.69 Å². The summed E-state index contributed by atoms with van der Waals surface area (Å²) in [5, 5.41) is 1.29. The summed E-state index contributed by atoms with van der Waals surface area (Å²) in [7, 11) is 0. The van der Waals surface area contributed by atoms with Crippen molar-refractivity contribution in [1.82, 2.24) is 4.57 Å². The summed E-state index contributed by atoms with van der Waals surface area (Å²) in [5.74, 6) is 0. The monoisotopic (exact) mass is 845 g/mol. The lowest BCUT2D eigenvalue weighted by Gasteiger charge is -2.44. The minimum Gasteiger partial charge on any atom is -0.319 e. The maximum Gasteiger partial charge on any atom is 0.273 e. The molecule has 0 saturated heterocycles. The fourth-order valence-corrected chi connectivity index (χ4v) is 12.4. The average molecular weight is 846 g/mol. The van der Waals surface area contributed by atoms with E-state index in [0.29, 0.717) is 0 Å². The third-order valence-electron chi connectivity index (χ3n) is 16.2. The van der Waals surface area contributed by atoms with E-state index in [1.165, 1.54) is 112 Å². The quantitative estimate of drug-likeness (QED) is 0.161. The lowest BCUT2D eigenvalue weighted by atomic mass is 9.34. The van der Waals surface area contributed by atoms with Gasteiger partial charge in [0.25, 0.3) is 6.71 Å². The lowest BCUT2D eigenvalue weighted by molar-refractivity contribution is 0.523. The van der Waals surface area contributed by atoms with Gasteiger partial charge < -0.3 is 14.4 Å². The van der Waals surface area contributed by atoms with Crippen molar-refractivity contribution >= 4 is 68.3 Å². The molecule has 0 spiro atoms. The van der Waals surface area contributed by atoms with Gasteiger partial charge in [-0.1, -0.05) is 174 Å². The molecule has 0 N–H and O–H groups in total. The standard InChI is InChI=1S/C61H60BN3/c1-57(2,3)37-23-28-41(29-24-37)63-49-34-27-40-36-48(49)62-53-50(63)21-16-22-51(53)64(42-30-25-38(26-31-42)58(4,5)6)55-44-32-33-47-52(61(11,12)46-20-14-13-19-45(46)60(47,9)10)54(44)65(56(55)62)43-18-15-17-39(35-43)59(40,7)8/h13-36H,1-12H3. The second-order valence-corrected chi connectivity index (χ2v) is 23.1. The molecule has 4 aliphatic rings. The van der Waals surface area contributed by atoms with Crippen LogP contribution < -0.4 is 26.3 Å². The summed E-state index contributed by atoms with van der Waals surface area (Å²) >= 11 is 0. The Balaban J connectivity index is 1.27. The molecule has 65 heavy (non-hydrogen) atoms. The van der Waals surface area contributed by atoms with Crippen LogP contribution in [0.15, 0.2) is 146 Å². The van der Waals surface area contributed by atoms with E-state index in [1.54, 1.807) is 0 Å². The number of hydrogen-bond acceptors (Lipinski definition) is 2. The average Bonchev–Trinajstić information content (AvgIpc) is 3.62. The van der Waals surface area contributed by atoms with Gasteiger partial charge >= 0.3 is 0 Å². The summed E-state index contributed by atoms with van der Waals surface area (Å²) in [4.78, 5) is 5.19. The van der Waals surface area contributed by atoms with Gasteiger partial charge in [-0.25, -0.2) is 0 Å². The fourth-order valence-electron chi connectivity index (χ4n) is 12.4. The maximum atomic E-state index is 2.74. The smallest absolute Gasteiger partial charge is 0.273 e.